The van der Waals surface area contributed by atoms with E-state index in [0.717, 1.165) is 12.3 Å². The molecule has 0 aliphatic rings. The van der Waals surface area contributed by atoms with E-state index in [-0.39, 0.29) is 0 Å². The smallest absolute Gasteiger partial charge is 0.0361 e. The fraction of sp³-hybridized carbons (Fsp3) is 1.00. The summed E-state index contributed by atoms with van der Waals surface area (Å²) < 4.78 is 0. The van der Waals surface area contributed by atoms with Crippen LogP contribution in [0.1, 0.15) is 52.9 Å². The van der Waals surface area contributed by atoms with Gasteiger partial charge in [-0.25, -0.2) is 0 Å². The van der Waals surface area contributed by atoms with Crippen molar-refractivity contribution in [2.75, 3.05) is 0 Å². The van der Waals surface area contributed by atoms with Gasteiger partial charge >= 0.3 is 0 Å². The van der Waals surface area contributed by atoms with Crippen LogP contribution in [0.3, 0.4) is 0 Å². The van der Waals surface area contributed by atoms with Crippen LogP contribution in [-0.4, -0.2) is 5.38 Å². The molecule has 11 heavy (non-hydrogen) atoms. The van der Waals surface area contributed by atoms with Gasteiger partial charge in [0.25, 0.3) is 0 Å². The zero-order valence-corrected chi connectivity index (χ0v) is 8.82. The van der Waals surface area contributed by atoms with Gasteiger partial charge in [-0.2, -0.15) is 0 Å². The number of halogens is 1. The summed E-state index contributed by atoms with van der Waals surface area (Å²) in [6.07, 6.45) is 6.26. The quantitative estimate of drug-likeness (QED) is 0.532. The molecule has 0 nitrogen and oxygen atoms in total. The van der Waals surface area contributed by atoms with Crippen molar-refractivity contribution < 1.29 is 0 Å². The average Bonchev–Trinajstić information content (AvgIpc) is 2.03. The Bertz CT molecular complexity index is 74.9. The van der Waals surface area contributed by atoms with E-state index in [2.05, 4.69) is 20.8 Å². The number of rotatable bonds is 6. The van der Waals surface area contributed by atoms with E-state index < -0.39 is 0 Å². The molecule has 0 radical (unpaired) electrons. The normalized spacial score (nSPS) is 13.9. The summed E-state index contributed by atoms with van der Waals surface area (Å²) in [5.41, 5.74) is 0. The predicted molar refractivity (Wildman–Crippen MR) is 53.2 cm³/mol. The Labute approximate surface area is 76.3 Å². The van der Waals surface area contributed by atoms with Gasteiger partial charge in [0.05, 0.1) is 0 Å². The maximum Gasteiger partial charge on any atom is 0.0361 e. The lowest BCUT2D eigenvalue weighted by atomic mass is 9.93. The van der Waals surface area contributed by atoms with Crippen LogP contribution in [-0.2, 0) is 0 Å². The number of hydrogen-bond acceptors (Lipinski definition) is 0. The Morgan fingerprint density at radius 3 is 1.73 bits per heavy atom. The largest absolute Gasteiger partial charge is 0.123 e. The Morgan fingerprint density at radius 2 is 1.45 bits per heavy atom. The van der Waals surface area contributed by atoms with Crippen LogP contribution in [0, 0.1) is 5.92 Å². The van der Waals surface area contributed by atoms with E-state index in [0.29, 0.717) is 5.38 Å². The molecule has 0 N–H and O–H groups in total. The maximum atomic E-state index is 6.19. The standard InChI is InChI=1S/C10H21Cl/c1-4-7-9(8-5-2)10(11)6-3/h9-10H,4-8H2,1-3H3. The van der Waals surface area contributed by atoms with E-state index in [1.165, 1.54) is 25.7 Å². The van der Waals surface area contributed by atoms with Gasteiger partial charge in [0.15, 0.2) is 0 Å². The lowest BCUT2D eigenvalue weighted by Crippen LogP contribution is -2.13. The van der Waals surface area contributed by atoms with Crippen molar-refractivity contribution in [1.82, 2.24) is 0 Å². The average molecular weight is 177 g/mol. The van der Waals surface area contributed by atoms with Gasteiger partial charge in [0.1, 0.15) is 0 Å². The van der Waals surface area contributed by atoms with Crippen molar-refractivity contribution in [3.63, 3.8) is 0 Å². The molecule has 1 atom stereocenters. The topological polar surface area (TPSA) is 0 Å². The summed E-state index contributed by atoms with van der Waals surface area (Å²) in [5, 5.41) is 0.412. The monoisotopic (exact) mass is 176 g/mol. The van der Waals surface area contributed by atoms with E-state index >= 15 is 0 Å². The van der Waals surface area contributed by atoms with Gasteiger partial charge in [-0.1, -0.05) is 33.6 Å². The first kappa shape index (κ1) is 11.3. The zero-order chi connectivity index (χ0) is 8.69. The lowest BCUT2D eigenvalue weighted by molar-refractivity contribution is 0.414. The van der Waals surface area contributed by atoms with Crippen molar-refractivity contribution in [1.29, 1.82) is 0 Å². The molecule has 0 saturated carbocycles. The fourth-order valence-corrected chi connectivity index (χ4v) is 1.83. The second-order valence-electron chi connectivity index (χ2n) is 3.26. The molecule has 0 aromatic rings. The van der Waals surface area contributed by atoms with Gasteiger partial charge in [0.2, 0.25) is 0 Å². The summed E-state index contributed by atoms with van der Waals surface area (Å²) in [4.78, 5) is 0. The Kier molecular flexibility index (Phi) is 7.15. The molecule has 0 heterocycles. The third kappa shape index (κ3) is 4.68. The molecular formula is C10H21Cl. The highest BCUT2D eigenvalue weighted by Gasteiger charge is 2.14. The highest BCUT2D eigenvalue weighted by Crippen LogP contribution is 2.23. The van der Waals surface area contributed by atoms with Crippen LogP contribution in [0.25, 0.3) is 0 Å². The van der Waals surface area contributed by atoms with Crippen molar-refractivity contribution >= 4 is 11.6 Å². The second-order valence-corrected chi connectivity index (χ2v) is 3.82. The summed E-state index contributed by atoms with van der Waals surface area (Å²) in [5.74, 6) is 0.761. The van der Waals surface area contributed by atoms with Crippen LogP contribution in [0.4, 0.5) is 0 Å². The molecule has 0 aromatic heterocycles. The predicted octanol–water partition coefficient (Wildman–Crippen LogP) is 4.22. The van der Waals surface area contributed by atoms with Crippen LogP contribution in [0.5, 0.6) is 0 Å². The van der Waals surface area contributed by atoms with Gasteiger partial charge in [0, 0.05) is 5.38 Å². The van der Waals surface area contributed by atoms with Crippen molar-refractivity contribution in [2.45, 2.75) is 58.3 Å². The highest BCUT2D eigenvalue weighted by atomic mass is 35.5. The van der Waals surface area contributed by atoms with E-state index in [1.807, 2.05) is 0 Å². The van der Waals surface area contributed by atoms with E-state index in [1.54, 1.807) is 0 Å². The van der Waals surface area contributed by atoms with Gasteiger partial charge in [-0.15, -0.1) is 11.6 Å². The zero-order valence-electron chi connectivity index (χ0n) is 8.07. The van der Waals surface area contributed by atoms with Gasteiger partial charge in [-0.05, 0) is 25.2 Å². The molecule has 0 rings (SSSR count). The minimum atomic E-state index is 0.412. The first-order valence-electron chi connectivity index (χ1n) is 4.90. The van der Waals surface area contributed by atoms with Crippen LogP contribution < -0.4 is 0 Å². The van der Waals surface area contributed by atoms with E-state index in [4.69, 9.17) is 11.6 Å². The minimum Gasteiger partial charge on any atom is -0.123 e. The van der Waals surface area contributed by atoms with Gasteiger partial charge < -0.3 is 0 Å². The van der Waals surface area contributed by atoms with Crippen molar-refractivity contribution in [3.8, 4) is 0 Å². The molecule has 0 aliphatic carbocycles. The molecule has 1 heteroatoms. The SMILES string of the molecule is CCCC(CCC)C(Cl)CC. The fourth-order valence-electron chi connectivity index (χ4n) is 1.58. The number of hydrogen-bond donors (Lipinski definition) is 0. The molecule has 0 saturated heterocycles. The molecule has 0 bridgehead atoms. The minimum absolute atomic E-state index is 0.412. The summed E-state index contributed by atoms with van der Waals surface area (Å²) in [6, 6.07) is 0. The Balaban J connectivity index is 3.66. The van der Waals surface area contributed by atoms with Crippen molar-refractivity contribution in [2.24, 2.45) is 5.92 Å². The molecule has 0 spiro atoms. The maximum absolute atomic E-state index is 6.19. The van der Waals surface area contributed by atoms with Crippen LogP contribution in [0.15, 0.2) is 0 Å². The highest BCUT2D eigenvalue weighted by molar-refractivity contribution is 6.20. The van der Waals surface area contributed by atoms with Gasteiger partial charge in [-0.3, -0.25) is 0 Å². The van der Waals surface area contributed by atoms with E-state index in [9.17, 15) is 0 Å². The summed E-state index contributed by atoms with van der Waals surface area (Å²) in [7, 11) is 0. The number of alkyl halides is 1. The molecule has 0 amide bonds. The summed E-state index contributed by atoms with van der Waals surface area (Å²) >= 11 is 6.19. The molecule has 0 aliphatic heterocycles. The lowest BCUT2D eigenvalue weighted by Gasteiger charge is -2.19. The Morgan fingerprint density at radius 1 is 1.00 bits per heavy atom. The first-order chi connectivity index (χ1) is 5.26. The molecule has 1 unspecified atom stereocenters. The van der Waals surface area contributed by atoms with Crippen molar-refractivity contribution in [3.05, 3.63) is 0 Å². The van der Waals surface area contributed by atoms with Crippen LogP contribution >= 0.6 is 11.6 Å². The second kappa shape index (κ2) is 6.97. The Hall–Kier alpha value is 0.290. The molecule has 0 aromatic carbocycles. The third-order valence-electron chi connectivity index (χ3n) is 2.22. The molecule has 68 valence electrons. The van der Waals surface area contributed by atoms with Crippen LogP contribution in [0.2, 0.25) is 0 Å². The molecule has 0 fully saturated rings. The molecular weight excluding hydrogens is 156 g/mol. The summed E-state index contributed by atoms with van der Waals surface area (Å²) in [6.45, 7) is 6.65. The third-order valence-corrected chi connectivity index (χ3v) is 2.89. The first-order valence-corrected chi connectivity index (χ1v) is 5.33.